The summed E-state index contributed by atoms with van der Waals surface area (Å²) in [5.41, 5.74) is 5.76. The fourth-order valence-electron chi connectivity index (χ4n) is 2.86. The topological polar surface area (TPSA) is 28.5 Å². The van der Waals surface area contributed by atoms with Crippen molar-refractivity contribution in [3.8, 4) is 21.7 Å². The van der Waals surface area contributed by atoms with Crippen molar-refractivity contribution in [3.63, 3.8) is 0 Å². The Morgan fingerprint density at radius 3 is 2.96 bits per heavy atom. The van der Waals surface area contributed by atoms with E-state index in [0.717, 1.165) is 27.7 Å². The van der Waals surface area contributed by atoms with Gasteiger partial charge in [0.25, 0.3) is 0 Å². The van der Waals surface area contributed by atoms with Crippen LogP contribution in [0.5, 0.6) is 0 Å². The van der Waals surface area contributed by atoms with Crippen LogP contribution in [0, 0.1) is 11.9 Å². The van der Waals surface area contributed by atoms with Crippen LogP contribution in [0.4, 0.5) is 5.69 Å². The molecule has 23 heavy (non-hydrogen) atoms. The van der Waals surface area contributed by atoms with Gasteiger partial charge in [0.05, 0.1) is 0 Å². The number of hydrogen-bond donors (Lipinski definition) is 0. The zero-order valence-corrected chi connectivity index (χ0v) is 15.7. The van der Waals surface area contributed by atoms with Crippen LogP contribution < -0.4 is 4.90 Å². The number of rotatable bonds is 1. The van der Waals surface area contributed by atoms with Gasteiger partial charge in [0.1, 0.15) is 10.8 Å². The molecule has 0 N–H and O–H groups in total. The Labute approximate surface area is 156 Å². The molecule has 1 radical (unpaired) electrons. The third-order valence-electron chi connectivity index (χ3n) is 3.83. The molecule has 3 nitrogen and oxygen atoms in total. The van der Waals surface area contributed by atoms with Crippen LogP contribution in [0.2, 0.25) is 0 Å². The van der Waals surface area contributed by atoms with Crippen LogP contribution >= 0.6 is 23.3 Å². The summed E-state index contributed by atoms with van der Waals surface area (Å²) in [6.07, 6.45) is 1.84. The number of benzene rings is 2. The molecule has 0 amide bonds. The van der Waals surface area contributed by atoms with Gasteiger partial charge in [-0.2, -0.15) is 42.1 Å². The van der Waals surface area contributed by atoms with Gasteiger partial charge in [0.15, 0.2) is 0 Å². The molecule has 115 valence electrons. The van der Waals surface area contributed by atoms with Gasteiger partial charge >= 0.3 is 0 Å². The summed E-state index contributed by atoms with van der Waals surface area (Å²) < 4.78 is 4.59. The van der Waals surface area contributed by atoms with E-state index in [4.69, 9.17) is 0 Å². The maximum Gasteiger partial charge on any atom is 0.123 e. The first kappa shape index (κ1) is 15.1. The molecule has 0 saturated carbocycles. The molecule has 3 heterocycles. The first-order valence-electron chi connectivity index (χ1n) is 6.83. The average molecular weight is 512 g/mol. The van der Waals surface area contributed by atoms with Crippen LogP contribution in [0.25, 0.3) is 21.7 Å². The number of hydrogen-bond acceptors (Lipinski definition) is 5. The van der Waals surface area contributed by atoms with E-state index in [1.807, 2.05) is 29.6 Å². The van der Waals surface area contributed by atoms with Crippen molar-refractivity contribution in [3.05, 3.63) is 65.5 Å². The van der Waals surface area contributed by atoms with Gasteiger partial charge in [-0.15, -0.1) is 16.9 Å². The van der Waals surface area contributed by atoms with Crippen LogP contribution in [0.1, 0.15) is 5.56 Å². The molecule has 0 saturated heterocycles. The van der Waals surface area contributed by atoms with Crippen molar-refractivity contribution in [2.45, 2.75) is 0 Å². The summed E-state index contributed by atoms with van der Waals surface area (Å²) in [4.78, 5) is 6.53. The summed E-state index contributed by atoms with van der Waals surface area (Å²) in [5.74, 6) is 3.01. The smallest absolute Gasteiger partial charge is 0.123 e. The zero-order chi connectivity index (χ0) is 14.5. The monoisotopic (exact) mass is 512 g/mol. The Balaban J connectivity index is 0.00000135. The molecule has 0 unspecified atom stereocenters. The minimum absolute atomic E-state index is 0. The van der Waals surface area contributed by atoms with E-state index in [1.54, 1.807) is 11.3 Å². The Morgan fingerprint density at radius 2 is 2.09 bits per heavy atom. The second kappa shape index (κ2) is 5.87. The van der Waals surface area contributed by atoms with Crippen molar-refractivity contribution >= 4 is 34.8 Å². The molecule has 3 aromatic rings. The fraction of sp³-hybridized carbons (Fsp3) is 0. The van der Waals surface area contributed by atoms with Crippen molar-refractivity contribution in [2.75, 3.05) is 4.90 Å². The quantitative estimate of drug-likeness (QED) is 0.353. The molecule has 1 aromatic heterocycles. The molecule has 2 aliphatic heterocycles. The van der Waals surface area contributed by atoms with Gasteiger partial charge in [-0.25, -0.2) is 9.38 Å². The largest absolute Gasteiger partial charge is 0.486 e. The Hall–Kier alpha value is -1.46. The number of para-hydroxylation sites is 1. The number of thiazole rings is 1. The summed E-state index contributed by atoms with van der Waals surface area (Å²) >= 11 is 3.12. The molecule has 2 aromatic carbocycles. The minimum Gasteiger partial charge on any atom is -0.486 e. The third-order valence-corrected chi connectivity index (χ3v) is 5.23. The van der Waals surface area contributed by atoms with Crippen molar-refractivity contribution in [2.24, 2.45) is 4.40 Å². The second-order valence-electron chi connectivity index (χ2n) is 5.03. The number of anilines is 1. The molecule has 0 aliphatic carbocycles. The van der Waals surface area contributed by atoms with E-state index in [-0.39, 0.29) is 20.1 Å². The normalized spacial score (nSPS) is 14.4. The second-order valence-corrected chi connectivity index (χ2v) is 6.52. The van der Waals surface area contributed by atoms with E-state index in [1.165, 1.54) is 23.1 Å². The summed E-state index contributed by atoms with van der Waals surface area (Å²) in [5, 5.41) is 3.04. The van der Waals surface area contributed by atoms with Crippen LogP contribution in [0.3, 0.4) is 0 Å². The maximum absolute atomic E-state index is 4.59. The molecule has 6 heteroatoms. The predicted octanol–water partition coefficient (Wildman–Crippen LogP) is 4.62. The Kier molecular flexibility index (Phi) is 3.85. The van der Waals surface area contributed by atoms with E-state index < -0.39 is 0 Å². The number of amidine groups is 1. The number of aromatic nitrogens is 1. The standard InChI is InChI=1S/C17H9N3S2.Ir/c1-2-4-15-13(3-1)12-6-5-11(17-18-7-8-21-17)9-14(12)16-19-22-10-20(15)16;/h1-3,5-10H;/q-2;. The molecule has 0 bridgehead atoms. The Morgan fingerprint density at radius 1 is 1.13 bits per heavy atom. The first-order chi connectivity index (χ1) is 10.9. The van der Waals surface area contributed by atoms with Crippen molar-refractivity contribution in [1.82, 2.24) is 4.98 Å². The van der Waals surface area contributed by atoms with E-state index in [9.17, 15) is 0 Å². The van der Waals surface area contributed by atoms with E-state index in [0.29, 0.717) is 0 Å². The SMILES string of the molecule is [Ir].[c-]1cccc2c1N1[CH-]SN=C1c1cc(-c3nccs3)ccc1-2. The summed E-state index contributed by atoms with van der Waals surface area (Å²) in [7, 11) is 0. The number of nitrogens with zero attached hydrogens (tertiary/aromatic N) is 3. The average Bonchev–Trinajstić information content (AvgIpc) is 3.26. The van der Waals surface area contributed by atoms with Gasteiger partial charge in [-0.3, -0.25) is 0 Å². The first-order valence-corrected chi connectivity index (χ1v) is 8.55. The van der Waals surface area contributed by atoms with Gasteiger partial charge < -0.3 is 4.90 Å². The van der Waals surface area contributed by atoms with Gasteiger partial charge in [0.2, 0.25) is 0 Å². The van der Waals surface area contributed by atoms with Gasteiger partial charge in [-0.1, -0.05) is 23.4 Å². The van der Waals surface area contributed by atoms with Crippen molar-refractivity contribution < 1.29 is 20.1 Å². The summed E-state index contributed by atoms with van der Waals surface area (Å²) in [6, 6.07) is 15.9. The van der Waals surface area contributed by atoms with Crippen LogP contribution in [-0.4, -0.2) is 10.8 Å². The number of fused-ring (bicyclic) bond motifs is 6. The van der Waals surface area contributed by atoms with Gasteiger partial charge in [0, 0.05) is 42.8 Å². The maximum atomic E-state index is 4.59. The molecule has 0 atom stereocenters. The molecular formula is C17H9IrN3S2-2. The zero-order valence-electron chi connectivity index (χ0n) is 11.7. The third kappa shape index (κ3) is 2.29. The minimum atomic E-state index is 0. The predicted molar refractivity (Wildman–Crippen MR) is 92.7 cm³/mol. The molecule has 0 spiro atoms. The molecular weight excluding hydrogens is 503 g/mol. The van der Waals surface area contributed by atoms with Gasteiger partial charge in [-0.05, 0) is 6.07 Å². The Bertz CT molecular complexity index is 906. The summed E-state index contributed by atoms with van der Waals surface area (Å²) in [6.45, 7) is 0. The van der Waals surface area contributed by atoms with Crippen LogP contribution in [0.15, 0.2) is 52.4 Å². The van der Waals surface area contributed by atoms with E-state index in [2.05, 4.69) is 44.6 Å². The molecule has 0 fully saturated rings. The molecule has 2 aliphatic rings. The van der Waals surface area contributed by atoms with Crippen LogP contribution in [-0.2, 0) is 20.1 Å². The fourth-order valence-corrected chi connectivity index (χ4v) is 4.13. The molecule has 5 rings (SSSR count). The van der Waals surface area contributed by atoms with E-state index >= 15 is 0 Å². The van der Waals surface area contributed by atoms with Crippen molar-refractivity contribution in [1.29, 1.82) is 0 Å².